The molecule has 0 aromatic heterocycles. The average molecular weight is 643 g/mol. The second-order valence-corrected chi connectivity index (χ2v) is 12.8. The van der Waals surface area contributed by atoms with Crippen LogP contribution in [-0.2, 0) is 42.7 Å². The van der Waals surface area contributed by atoms with Crippen molar-refractivity contribution in [3.05, 3.63) is 24.3 Å². The highest BCUT2D eigenvalue weighted by molar-refractivity contribution is 5.91. The standard InChI is InChI=1S/C32H50O13/c1-15-7-10-23(45-31-27(37)22(34)13-17(3)41-31)16(2)8-12-25(35)42-18(4)20(29-24(44-29)11-9-21(15)33)14-40-32-30(39-6)28(38)26(36)19(5)43-32/h8-9,11-12,15-20,22-24,26-32,34,36-38H,7,10,13-14H2,1-6H3/b11-9+,12-8+/t15-,16+,17-,18-,19-,20-,22+,23+,24-,26-,27-,28-,29+,30-,31+,32-/m1/s1. The Hall–Kier alpha value is -1.78. The predicted molar refractivity (Wildman–Crippen MR) is 157 cm³/mol. The van der Waals surface area contributed by atoms with Crippen LogP contribution in [0.5, 0.6) is 0 Å². The van der Waals surface area contributed by atoms with Gasteiger partial charge >= 0.3 is 5.97 Å². The third-order valence-electron chi connectivity index (χ3n) is 9.26. The lowest BCUT2D eigenvalue weighted by Gasteiger charge is -2.41. The summed E-state index contributed by atoms with van der Waals surface area (Å²) in [5, 5.41) is 41.4. The van der Waals surface area contributed by atoms with E-state index >= 15 is 0 Å². The first-order valence-electron chi connectivity index (χ1n) is 15.9. The minimum absolute atomic E-state index is 0.0118. The Morgan fingerprint density at radius 2 is 1.58 bits per heavy atom. The zero-order valence-electron chi connectivity index (χ0n) is 26.8. The molecule has 3 fully saturated rings. The number of carbonyl (C=O) groups excluding carboxylic acids is 2. The van der Waals surface area contributed by atoms with Gasteiger partial charge in [0.2, 0.25) is 0 Å². The lowest BCUT2D eigenvalue weighted by Crippen LogP contribution is -2.58. The molecule has 0 aromatic carbocycles. The smallest absolute Gasteiger partial charge is 0.330 e. The highest BCUT2D eigenvalue weighted by Crippen LogP contribution is 2.36. The number of carbonyl (C=O) groups is 2. The van der Waals surface area contributed by atoms with Crippen LogP contribution in [0.15, 0.2) is 24.3 Å². The molecule has 4 rings (SSSR count). The third kappa shape index (κ3) is 9.19. The Morgan fingerprint density at radius 1 is 0.844 bits per heavy atom. The lowest BCUT2D eigenvalue weighted by atomic mass is 9.92. The van der Waals surface area contributed by atoms with Crippen LogP contribution >= 0.6 is 0 Å². The van der Waals surface area contributed by atoms with Crippen molar-refractivity contribution >= 4 is 11.8 Å². The van der Waals surface area contributed by atoms with E-state index in [1.807, 2.05) is 13.8 Å². The van der Waals surface area contributed by atoms with Crippen molar-refractivity contribution in [2.24, 2.45) is 17.8 Å². The van der Waals surface area contributed by atoms with E-state index in [1.165, 1.54) is 19.3 Å². The summed E-state index contributed by atoms with van der Waals surface area (Å²) in [4.78, 5) is 26.0. The van der Waals surface area contributed by atoms with E-state index in [0.717, 1.165) is 0 Å². The van der Waals surface area contributed by atoms with Gasteiger partial charge in [0.1, 0.15) is 36.6 Å². The number of allylic oxidation sites excluding steroid dienone is 1. The Labute approximate surface area is 264 Å². The van der Waals surface area contributed by atoms with Crippen molar-refractivity contribution in [2.45, 2.75) is 134 Å². The molecule has 3 saturated heterocycles. The zero-order chi connectivity index (χ0) is 33.0. The highest BCUT2D eigenvalue weighted by Gasteiger charge is 2.49. The normalized spacial score (nSPS) is 48.2. The molecule has 0 amide bonds. The van der Waals surface area contributed by atoms with Crippen molar-refractivity contribution in [3.63, 3.8) is 0 Å². The largest absolute Gasteiger partial charge is 0.459 e. The van der Waals surface area contributed by atoms with Crippen LogP contribution in [0, 0.1) is 17.8 Å². The summed E-state index contributed by atoms with van der Waals surface area (Å²) in [6.45, 7) is 8.82. The summed E-state index contributed by atoms with van der Waals surface area (Å²) in [7, 11) is 1.38. The van der Waals surface area contributed by atoms with Crippen molar-refractivity contribution in [1.29, 1.82) is 0 Å². The molecule has 45 heavy (non-hydrogen) atoms. The number of hydrogen-bond acceptors (Lipinski definition) is 13. The SMILES string of the molecule is CO[C@H]1[C@H](OC[C@H]2[C@@H]3O[C@@H]3/C=C/C(=O)[C@H](C)CC[C@H](O[C@@H]3O[C@H](C)C[C@H](O)[C@H]3O)[C@@H](C)/C=C/C(=O)O[C@@H]2C)O[C@H](C)[C@@H](O)[C@H]1O. The third-order valence-corrected chi connectivity index (χ3v) is 9.26. The Kier molecular flexibility index (Phi) is 12.7. The first-order valence-corrected chi connectivity index (χ1v) is 15.9. The number of aliphatic hydroxyl groups excluding tert-OH is 4. The highest BCUT2D eigenvalue weighted by atomic mass is 16.7. The molecule has 4 aliphatic heterocycles. The summed E-state index contributed by atoms with van der Waals surface area (Å²) >= 11 is 0. The maximum absolute atomic E-state index is 13.0. The van der Waals surface area contributed by atoms with Gasteiger partial charge in [-0.2, -0.15) is 0 Å². The number of methoxy groups -OCH3 is 1. The molecule has 0 spiro atoms. The van der Waals surface area contributed by atoms with Gasteiger partial charge in [-0.05, 0) is 45.8 Å². The van der Waals surface area contributed by atoms with E-state index in [4.69, 9.17) is 33.2 Å². The predicted octanol–water partition coefficient (Wildman–Crippen LogP) is 0.789. The quantitative estimate of drug-likeness (QED) is 0.236. The molecule has 4 heterocycles. The molecule has 0 unspecified atom stereocenters. The molecule has 0 radical (unpaired) electrons. The molecule has 0 aromatic rings. The fourth-order valence-electron chi connectivity index (χ4n) is 6.07. The molecule has 0 bridgehead atoms. The maximum atomic E-state index is 13.0. The van der Waals surface area contributed by atoms with Crippen molar-refractivity contribution in [1.82, 2.24) is 0 Å². The second-order valence-electron chi connectivity index (χ2n) is 12.8. The van der Waals surface area contributed by atoms with Gasteiger partial charge in [0.15, 0.2) is 18.4 Å². The van der Waals surface area contributed by atoms with Crippen LogP contribution in [0.2, 0.25) is 0 Å². The fraction of sp³-hybridized carbons (Fsp3) is 0.812. The number of ketones is 1. The number of cyclic esters (lactones) is 1. The molecule has 256 valence electrons. The number of aliphatic hydroxyl groups is 4. The molecule has 13 heteroatoms. The number of epoxide rings is 1. The average Bonchev–Trinajstić information content (AvgIpc) is 3.76. The second kappa shape index (κ2) is 15.9. The number of hydrogen-bond donors (Lipinski definition) is 4. The maximum Gasteiger partial charge on any atom is 0.330 e. The van der Waals surface area contributed by atoms with E-state index < -0.39 is 85.5 Å². The van der Waals surface area contributed by atoms with E-state index in [-0.39, 0.29) is 36.8 Å². The minimum atomic E-state index is -1.23. The van der Waals surface area contributed by atoms with Crippen LogP contribution in [-0.4, -0.2) is 126 Å². The number of rotatable bonds is 6. The lowest BCUT2D eigenvalue weighted by molar-refractivity contribution is -0.301. The Bertz CT molecular complexity index is 1050. The number of fused-ring (bicyclic) bond motifs is 1. The van der Waals surface area contributed by atoms with Crippen molar-refractivity contribution in [2.75, 3.05) is 13.7 Å². The van der Waals surface area contributed by atoms with Gasteiger partial charge in [-0.15, -0.1) is 0 Å². The van der Waals surface area contributed by atoms with Gasteiger partial charge in [0, 0.05) is 37.4 Å². The van der Waals surface area contributed by atoms with Gasteiger partial charge in [-0.1, -0.05) is 19.9 Å². The van der Waals surface area contributed by atoms with Crippen LogP contribution in [0.4, 0.5) is 0 Å². The summed E-state index contributed by atoms with van der Waals surface area (Å²) in [6, 6.07) is 0. The van der Waals surface area contributed by atoms with Gasteiger partial charge in [-0.3, -0.25) is 4.79 Å². The summed E-state index contributed by atoms with van der Waals surface area (Å²) in [6.07, 6.45) is -3.25. The molecule has 0 aliphatic carbocycles. The van der Waals surface area contributed by atoms with Gasteiger partial charge in [0.25, 0.3) is 0 Å². The molecular formula is C32H50O13. The monoisotopic (exact) mass is 642 g/mol. The van der Waals surface area contributed by atoms with Crippen LogP contribution in [0.3, 0.4) is 0 Å². The fourth-order valence-corrected chi connectivity index (χ4v) is 6.07. The summed E-state index contributed by atoms with van der Waals surface area (Å²) in [5.41, 5.74) is 0. The molecule has 13 nitrogen and oxygen atoms in total. The molecule has 0 saturated carbocycles. The van der Waals surface area contributed by atoms with Crippen molar-refractivity contribution < 1.29 is 63.2 Å². The van der Waals surface area contributed by atoms with Crippen molar-refractivity contribution in [3.8, 4) is 0 Å². The van der Waals surface area contributed by atoms with Gasteiger partial charge in [-0.25, -0.2) is 4.79 Å². The van der Waals surface area contributed by atoms with Crippen LogP contribution in [0.25, 0.3) is 0 Å². The summed E-state index contributed by atoms with van der Waals surface area (Å²) in [5.74, 6) is -1.81. The molecule has 4 aliphatic rings. The number of esters is 1. The number of ether oxygens (including phenoxy) is 7. The topological polar surface area (TPSA) is 183 Å². The Morgan fingerprint density at radius 3 is 2.29 bits per heavy atom. The van der Waals surface area contributed by atoms with Crippen LogP contribution < -0.4 is 0 Å². The van der Waals surface area contributed by atoms with E-state index in [1.54, 1.807) is 32.9 Å². The zero-order valence-corrected chi connectivity index (χ0v) is 26.8. The molecule has 16 atom stereocenters. The van der Waals surface area contributed by atoms with E-state index in [0.29, 0.717) is 12.8 Å². The van der Waals surface area contributed by atoms with E-state index in [2.05, 4.69) is 0 Å². The molecule has 4 N–H and O–H groups in total. The van der Waals surface area contributed by atoms with Gasteiger partial charge < -0.3 is 53.6 Å². The van der Waals surface area contributed by atoms with Crippen LogP contribution in [0.1, 0.15) is 53.9 Å². The first kappa shape index (κ1) is 36.1. The minimum Gasteiger partial charge on any atom is -0.459 e. The first-order chi connectivity index (χ1) is 21.3. The molecular weight excluding hydrogens is 592 g/mol. The Balaban J connectivity index is 1.49. The van der Waals surface area contributed by atoms with E-state index in [9.17, 15) is 30.0 Å². The summed E-state index contributed by atoms with van der Waals surface area (Å²) < 4.78 is 40.7. The van der Waals surface area contributed by atoms with Gasteiger partial charge in [0.05, 0.1) is 37.1 Å².